The van der Waals surface area contributed by atoms with Crippen molar-refractivity contribution in [1.82, 2.24) is 5.32 Å². The molecule has 23 heavy (non-hydrogen) atoms. The second-order valence-corrected chi connectivity index (χ2v) is 8.52. The molecule has 0 aromatic heterocycles. The third kappa shape index (κ3) is 3.55. The van der Waals surface area contributed by atoms with Crippen LogP contribution in [-0.4, -0.2) is 44.8 Å². The summed E-state index contributed by atoms with van der Waals surface area (Å²) in [5.74, 6) is -0.784. The number of rotatable bonds is 4. The maximum atomic E-state index is 12.4. The van der Waals surface area contributed by atoms with Crippen LogP contribution in [0.15, 0.2) is 30.3 Å². The van der Waals surface area contributed by atoms with Gasteiger partial charge in [-0.2, -0.15) is 0 Å². The third-order valence-electron chi connectivity index (χ3n) is 4.50. The second-order valence-electron chi connectivity index (χ2n) is 6.29. The molecule has 2 amide bonds. The van der Waals surface area contributed by atoms with E-state index >= 15 is 0 Å². The van der Waals surface area contributed by atoms with Crippen LogP contribution < -0.4 is 10.2 Å². The Labute approximate surface area is 135 Å². The summed E-state index contributed by atoms with van der Waals surface area (Å²) >= 11 is 0. The van der Waals surface area contributed by atoms with Gasteiger partial charge < -0.3 is 10.2 Å². The molecule has 1 saturated heterocycles. The van der Waals surface area contributed by atoms with E-state index in [0.29, 0.717) is 12.8 Å². The van der Waals surface area contributed by atoms with Gasteiger partial charge in [-0.1, -0.05) is 18.2 Å². The van der Waals surface area contributed by atoms with Crippen LogP contribution in [0.3, 0.4) is 0 Å². The number of carbonyl (C=O) groups is 2. The Morgan fingerprint density at radius 1 is 1.17 bits per heavy atom. The standard InChI is InChI=1S/C16H20N2O4S/c1-18(12-5-3-2-4-6-12)16(20)14-9-13(14)15(19)17-11-7-8-23(21,22)10-11/h2-6,11,13-14H,7-10H2,1H3,(H,17,19). The molecule has 3 unspecified atom stereocenters. The van der Waals surface area contributed by atoms with Crippen LogP contribution in [0.1, 0.15) is 12.8 Å². The molecule has 1 aromatic carbocycles. The first kappa shape index (κ1) is 16.0. The van der Waals surface area contributed by atoms with Crippen molar-refractivity contribution in [3.8, 4) is 0 Å². The highest BCUT2D eigenvalue weighted by Gasteiger charge is 2.49. The Hall–Kier alpha value is -1.89. The van der Waals surface area contributed by atoms with Gasteiger partial charge in [0.15, 0.2) is 9.84 Å². The zero-order chi connectivity index (χ0) is 16.6. The molecule has 1 N–H and O–H groups in total. The molecule has 2 fully saturated rings. The van der Waals surface area contributed by atoms with E-state index < -0.39 is 9.84 Å². The van der Waals surface area contributed by atoms with Crippen molar-refractivity contribution in [2.45, 2.75) is 18.9 Å². The molecule has 0 radical (unpaired) electrons. The number of nitrogens with zero attached hydrogens (tertiary/aromatic N) is 1. The van der Waals surface area contributed by atoms with Crippen molar-refractivity contribution in [2.24, 2.45) is 11.8 Å². The Kier molecular flexibility index (Phi) is 4.14. The number of amides is 2. The van der Waals surface area contributed by atoms with Crippen molar-refractivity contribution < 1.29 is 18.0 Å². The monoisotopic (exact) mass is 336 g/mol. The number of para-hydroxylation sites is 1. The molecule has 0 bridgehead atoms. The summed E-state index contributed by atoms with van der Waals surface area (Å²) in [7, 11) is -1.31. The Balaban J connectivity index is 1.54. The largest absolute Gasteiger partial charge is 0.352 e. The normalized spacial score (nSPS) is 28.1. The molecular weight excluding hydrogens is 316 g/mol. The van der Waals surface area contributed by atoms with Gasteiger partial charge in [0.25, 0.3) is 0 Å². The van der Waals surface area contributed by atoms with Gasteiger partial charge in [0.2, 0.25) is 11.8 Å². The Morgan fingerprint density at radius 3 is 2.48 bits per heavy atom. The summed E-state index contributed by atoms with van der Waals surface area (Å²) in [6, 6.07) is 8.98. The zero-order valence-corrected chi connectivity index (χ0v) is 13.8. The molecule has 2 aliphatic rings. The number of hydrogen-bond donors (Lipinski definition) is 1. The summed E-state index contributed by atoms with van der Waals surface area (Å²) < 4.78 is 22.8. The predicted molar refractivity (Wildman–Crippen MR) is 86.7 cm³/mol. The van der Waals surface area contributed by atoms with Crippen molar-refractivity contribution >= 4 is 27.3 Å². The maximum Gasteiger partial charge on any atom is 0.230 e. The molecule has 0 spiro atoms. The molecule has 6 nitrogen and oxygen atoms in total. The van der Waals surface area contributed by atoms with E-state index in [2.05, 4.69) is 5.32 Å². The molecular formula is C16H20N2O4S. The van der Waals surface area contributed by atoms with Crippen LogP contribution in [0, 0.1) is 11.8 Å². The number of benzene rings is 1. The van der Waals surface area contributed by atoms with E-state index in [4.69, 9.17) is 0 Å². The van der Waals surface area contributed by atoms with Crippen LogP contribution in [0.2, 0.25) is 0 Å². The molecule has 1 aliphatic heterocycles. The van der Waals surface area contributed by atoms with Gasteiger partial charge in [-0.05, 0) is 25.0 Å². The maximum absolute atomic E-state index is 12.4. The highest BCUT2D eigenvalue weighted by atomic mass is 32.2. The van der Waals surface area contributed by atoms with Gasteiger partial charge >= 0.3 is 0 Å². The van der Waals surface area contributed by atoms with Gasteiger partial charge in [0.05, 0.1) is 23.3 Å². The number of nitrogens with one attached hydrogen (secondary N) is 1. The van der Waals surface area contributed by atoms with Crippen LogP contribution in [0.4, 0.5) is 5.69 Å². The van der Waals surface area contributed by atoms with E-state index in [1.54, 1.807) is 11.9 Å². The van der Waals surface area contributed by atoms with E-state index in [-0.39, 0.29) is 41.2 Å². The fourth-order valence-electron chi connectivity index (χ4n) is 3.00. The Morgan fingerprint density at radius 2 is 1.87 bits per heavy atom. The lowest BCUT2D eigenvalue weighted by molar-refractivity contribution is -0.126. The highest BCUT2D eigenvalue weighted by molar-refractivity contribution is 7.91. The second kappa shape index (κ2) is 5.96. The average Bonchev–Trinajstić information content (AvgIpc) is 3.26. The first-order valence-corrected chi connectivity index (χ1v) is 9.53. The van der Waals surface area contributed by atoms with Gasteiger partial charge in [-0.25, -0.2) is 8.42 Å². The number of sulfone groups is 1. The van der Waals surface area contributed by atoms with Crippen LogP contribution in [0.25, 0.3) is 0 Å². The lowest BCUT2D eigenvalue weighted by atomic mass is 10.2. The predicted octanol–water partition coefficient (Wildman–Crippen LogP) is 0.589. The summed E-state index contributed by atoms with van der Waals surface area (Å²) in [5, 5.41) is 2.77. The van der Waals surface area contributed by atoms with Crippen LogP contribution in [0.5, 0.6) is 0 Å². The average molecular weight is 336 g/mol. The molecule has 1 saturated carbocycles. The molecule has 3 atom stereocenters. The topological polar surface area (TPSA) is 83.6 Å². The molecule has 124 valence electrons. The molecule has 3 rings (SSSR count). The fraction of sp³-hybridized carbons (Fsp3) is 0.500. The first-order chi connectivity index (χ1) is 10.9. The Bertz CT molecular complexity index is 717. The van der Waals surface area contributed by atoms with Crippen molar-refractivity contribution in [3.05, 3.63) is 30.3 Å². The van der Waals surface area contributed by atoms with Gasteiger partial charge in [-0.3, -0.25) is 9.59 Å². The minimum atomic E-state index is -3.02. The summed E-state index contributed by atoms with van der Waals surface area (Å²) in [5.41, 5.74) is 0.797. The van der Waals surface area contributed by atoms with Crippen molar-refractivity contribution in [2.75, 3.05) is 23.5 Å². The summed E-state index contributed by atoms with van der Waals surface area (Å²) in [6.45, 7) is 0. The SMILES string of the molecule is CN(C(=O)C1CC1C(=O)NC1CCS(=O)(=O)C1)c1ccccc1. The van der Waals surface area contributed by atoms with Gasteiger partial charge in [-0.15, -0.1) is 0 Å². The lowest BCUT2D eigenvalue weighted by Crippen LogP contribution is -2.38. The smallest absolute Gasteiger partial charge is 0.230 e. The van der Waals surface area contributed by atoms with Crippen molar-refractivity contribution in [1.29, 1.82) is 0 Å². The summed E-state index contributed by atoms with van der Waals surface area (Å²) in [6.07, 6.45) is 0.991. The third-order valence-corrected chi connectivity index (χ3v) is 6.27. The molecule has 7 heteroatoms. The van der Waals surface area contributed by atoms with Gasteiger partial charge in [0, 0.05) is 18.8 Å². The molecule has 1 aliphatic carbocycles. The van der Waals surface area contributed by atoms with E-state index in [1.807, 2.05) is 30.3 Å². The first-order valence-electron chi connectivity index (χ1n) is 7.71. The van der Waals surface area contributed by atoms with Crippen molar-refractivity contribution in [3.63, 3.8) is 0 Å². The van der Waals surface area contributed by atoms with E-state index in [1.165, 1.54) is 0 Å². The molecule has 1 heterocycles. The quantitative estimate of drug-likeness (QED) is 0.872. The lowest BCUT2D eigenvalue weighted by Gasteiger charge is -2.17. The number of carbonyl (C=O) groups excluding carboxylic acids is 2. The molecule has 1 aromatic rings. The number of anilines is 1. The minimum Gasteiger partial charge on any atom is -0.352 e. The highest BCUT2D eigenvalue weighted by Crippen LogP contribution is 2.40. The summed E-state index contributed by atoms with van der Waals surface area (Å²) in [4.78, 5) is 26.1. The van der Waals surface area contributed by atoms with Crippen LogP contribution in [-0.2, 0) is 19.4 Å². The van der Waals surface area contributed by atoms with Gasteiger partial charge in [0.1, 0.15) is 0 Å². The van der Waals surface area contributed by atoms with E-state index in [0.717, 1.165) is 5.69 Å². The minimum absolute atomic E-state index is 0.00793. The van der Waals surface area contributed by atoms with E-state index in [9.17, 15) is 18.0 Å². The van der Waals surface area contributed by atoms with Crippen LogP contribution >= 0.6 is 0 Å². The fourth-order valence-corrected chi connectivity index (χ4v) is 4.68. The number of hydrogen-bond acceptors (Lipinski definition) is 4. The zero-order valence-electron chi connectivity index (χ0n) is 12.9.